The predicted octanol–water partition coefficient (Wildman–Crippen LogP) is 4.21. The first kappa shape index (κ1) is 43.6. The van der Waals surface area contributed by atoms with E-state index >= 15 is 0 Å². The summed E-state index contributed by atoms with van der Waals surface area (Å²) in [5, 5.41) is 11.3. The fourth-order valence-electron chi connectivity index (χ4n) is 8.73. The molecule has 0 radical (unpaired) electrons. The van der Waals surface area contributed by atoms with E-state index in [1.807, 2.05) is 23.1 Å². The van der Waals surface area contributed by atoms with Crippen LogP contribution in [0.5, 0.6) is 5.75 Å². The number of anilines is 2. The van der Waals surface area contributed by atoms with Gasteiger partial charge in [-0.25, -0.2) is 18.1 Å². The topological polar surface area (TPSA) is 182 Å². The molecule has 0 saturated carbocycles. The third-order valence-corrected chi connectivity index (χ3v) is 14.1. The van der Waals surface area contributed by atoms with Crippen LogP contribution in [-0.4, -0.2) is 130 Å². The van der Waals surface area contributed by atoms with E-state index in [1.165, 1.54) is 31.0 Å². The van der Waals surface area contributed by atoms with Crippen molar-refractivity contribution in [1.82, 2.24) is 34.7 Å². The summed E-state index contributed by atoms with van der Waals surface area (Å²) >= 11 is 6.35. The molecule has 1 atom stereocenters. The van der Waals surface area contributed by atoms with Crippen molar-refractivity contribution in [3.05, 3.63) is 112 Å². The number of rotatable bonds is 15. The molecule has 4 aliphatic heterocycles. The molecule has 18 heteroatoms. The Morgan fingerprint density at radius 3 is 2.59 bits per heavy atom. The summed E-state index contributed by atoms with van der Waals surface area (Å²) in [5.74, 6) is 0.121. The molecule has 16 nitrogen and oxygen atoms in total. The van der Waals surface area contributed by atoms with Crippen molar-refractivity contribution < 1.29 is 32.2 Å². The summed E-state index contributed by atoms with van der Waals surface area (Å²) in [6.07, 6.45) is 7.63. The van der Waals surface area contributed by atoms with Crippen LogP contribution >= 0.6 is 11.6 Å². The maximum atomic E-state index is 14.0. The highest BCUT2D eigenvalue weighted by Gasteiger charge is 2.37. The first-order valence-electron chi connectivity index (χ1n) is 21.7. The lowest BCUT2D eigenvalue weighted by Crippen LogP contribution is -2.58. The summed E-state index contributed by atoms with van der Waals surface area (Å²) in [5.41, 5.74) is 10.8. The lowest BCUT2D eigenvalue weighted by atomic mass is 9.91. The normalized spacial score (nSPS) is 19.6. The van der Waals surface area contributed by atoms with Crippen LogP contribution in [0.1, 0.15) is 24.0 Å². The van der Waals surface area contributed by atoms with Crippen molar-refractivity contribution >= 4 is 55.8 Å². The Labute approximate surface area is 377 Å². The quantitative estimate of drug-likeness (QED) is 0.0847. The van der Waals surface area contributed by atoms with Gasteiger partial charge in [-0.05, 0) is 84.5 Å². The molecule has 9 rings (SSSR count). The molecule has 1 aliphatic carbocycles. The van der Waals surface area contributed by atoms with Crippen LogP contribution in [0.2, 0.25) is 5.02 Å². The van der Waals surface area contributed by atoms with E-state index in [-0.39, 0.29) is 40.8 Å². The van der Waals surface area contributed by atoms with Gasteiger partial charge in [-0.1, -0.05) is 23.4 Å². The summed E-state index contributed by atoms with van der Waals surface area (Å²) in [7, 11) is -2.84. The van der Waals surface area contributed by atoms with Gasteiger partial charge in [0.1, 0.15) is 23.7 Å². The van der Waals surface area contributed by atoms with E-state index in [2.05, 4.69) is 58.0 Å². The molecule has 0 bridgehead atoms. The van der Waals surface area contributed by atoms with Gasteiger partial charge >= 0.3 is 0 Å². The third kappa shape index (κ3) is 9.87. The SMILES string of the molecule is COCNc1cc(S(=O)(=O)NC(=O)C2=C=C=C(N3CCN(CC4Cc5ccc(Cl)cc5CN4C(=O)C4CNC4)CC3)C=C2Oc2cnc3[nH]ccc3c2)ccc1NCC1CCOCC1. The number of piperazine rings is 1. The van der Waals surface area contributed by atoms with Crippen molar-refractivity contribution in [2.75, 3.05) is 90.0 Å². The van der Waals surface area contributed by atoms with Crippen LogP contribution in [0.3, 0.4) is 0 Å². The second-order valence-electron chi connectivity index (χ2n) is 16.8. The number of methoxy groups -OCH3 is 1. The first-order valence-corrected chi connectivity index (χ1v) is 23.6. The second-order valence-corrected chi connectivity index (χ2v) is 18.9. The maximum absolute atomic E-state index is 14.0. The van der Waals surface area contributed by atoms with Gasteiger partial charge in [0.2, 0.25) is 5.91 Å². The molecule has 5 aliphatic rings. The van der Waals surface area contributed by atoms with E-state index < -0.39 is 15.9 Å². The Balaban J connectivity index is 0.923. The highest BCUT2D eigenvalue weighted by Crippen LogP contribution is 2.31. The van der Waals surface area contributed by atoms with Gasteiger partial charge in [-0.15, -0.1) is 0 Å². The monoisotopic (exact) mass is 909 g/mol. The number of pyridine rings is 1. The molecule has 2 aromatic carbocycles. The molecule has 1 unspecified atom stereocenters. The minimum atomic E-state index is -4.38. The van der Waals surface area contributed by atoms with Crippen molar-refractivity contribution in [2.24, 2.45) is 11.8 Å². The molecule has 5 N–H and O–H groups in total. The molecule has 0 spiro atoms. The number of amides is 2. The fraction of sp³-hybridized carbons (Fsp3) is 0.413. The largest absolute Gasteiger partial charge is 0.454 e. The summed E-state index contributed by atoms with van der Waals surface area (Å²) < 4.78 is 47.0. The van der Waals surface area contributed by atoms with E-state index in [9.17, 15) is 18.0 Å². The fourth-order valence-corrected chi connectivity index (χ4v) is 9.90. The minimum absolute atomic E-state index is 0.00764. The van der Waals surface area contributed by atoms with Crippen LogP contribution < -0.4 is 25.4 Å². The van der Waals surface area contributed by atoms with Gasteiger partial charge in [-0.2, -0.15) is 0 Å². The number of halogens is 1. The zero-order valence-electron chi connectivity index (χ0n) is 35.6. The predicted molar refractivity (Wildman–Crippen MR) is 242 cm³/mol. The highest BCUT2D eigenvalue weighted by atomic mass is 35.5. The van der Waals surface area contributed by atoms with Crippen molar-refractivity contribution in [1.29, 1.82) is 0 Å². The van der Waals surface area contributed by atoms with Crippen molar-refractivity contribution in [2.45, 2.75) is 36.7 Å². The van der Waals surface area contributed by atoms with Crippen molar-refractivity contribution in [3.63, 3.8) is 0 Å². The number of sulfonamides is 1. The molecule has 64 heavy (non-hydrogen) atoms. The Hall–Kier alpha value is -5.61. The number of fused-ring (bicyclic) bond motifs is 2. The van der Waals surface area contributed by atoms with Gasteiger partial charge in [0, 0.05) is 108 Å². The van der Waals surface area contributed by atoms with E-state index in [0.29, 0.717) is 78.7 Å². The van der Waals surface area contributed by atoms with Gasteiger partial charge in [0.15, 0.2) is 5.76 Å². The smallest absolute Gasteiger partial charge is 0.277 e. The number of benzene rings is 2. The average molecular weight is 910 g/mol. The molecular formula is C46H52ClN9O7S. The van der Waals surface area contributed by atoms with Crippen LogP contribution in [0, 0.1) is 11.8 Å². The van der Waals surface area contributed by atoms with Crippen LogP contribution in [-0.2, 0) is 42.1 Å². The number of H-pyrrole nitrogens is 1. The van der Waals surface area contributed by atoms with E-state index in [1.54, 1.807) is 24.4 Å². The molecule has 3 saturated heterocycles. The highest BCUT2D eigenvalue weighted by molar-refractivity contribution is 7.90. The number of aromatic amines is 1. The Morgan fingerprint density at radius 2 is 1.81 bits per heavy atom. The van der Waals surface area contributed by atoms with Gasteiger partial charge in [0.25, 0.3) is 15.9 Å². The average Bonchev–Trinajstić information content (AvgIpc) is 3.75. The zero-order chi connectivity index (χ0) is 44.2. The maximum Gasteiger partial charge on any atom is 0.277 e. The van der Waals surface area contributed by atoms with Crippen LogP contribution in [0.25, 0.3) is 11.0 Å². The number of carbonyl (C=O) groups is 2. The summed E-state index contributed by atoms with van der Waals surface area (Å²) in [4.78, 5) is 41.6. The molecule has 6 heterocycles. The van der Waals surface area contributed by atoms with Crippen molar-refractivity contribution in [3.8, 4) is 5.75 Å². The van der Waals surface area contributed by atoms with E-state index in [4.69, 9.17) is 25.8 Å². The molecule has 336 valence electrons. The molecular weight excluding hydrogens is 858 g/mol. The Kier molecular flexibility index (Phi) is 13.1. The third-order valence-electron chi connectivity index (χ3n) is 12.5. The van der Waals surface area contributed by atoms with E-state index in [0.717, 1.165) is 63.1 Å². The number of hydrogen-bond donors (Lipinski definition) is 5. The summed E-state index contributed by atoms with van der Waals surface area (Å²) in [6.45, 7) is 7.68. The number of carbonyl (C=O) groups excluding carboxylic acids is 2. The zero-order valence-corrected chi connectivity index (χ0v) is 37.2. The lowest BCUT2D eigenvalue weighted by Gasteiger charge is -2.44. The first-order chi connectivity index (χ1) is 31.1. The number of nitrogens with zero attached hydrogens (tertiary/aromatic N) is 4. The second kappa shape index (κ2) is 19.2. The van der Waals surface area contributed by atoms with Gasteiger partial charge in [0.05, 0.1) is 34.1 Å². The molecule has 3 fully saturated rings. The number of aromatic nitrogens is 2. The summed E-state index contributed by atoms with van der Waals surface area (Å²) in [6, 6.07) is 14.2. The number of allylic oxidation sites excluding steroid dienone is 1. The van der Waals surface area contributed by atoms with Gasteiger partial charge < -0.3 is 44.9 Å². The lowest BCUT2D eigenvalue weighted by molar-refractivity contribution is -0.141. The van der Waals surface area contributed by atoms with Crippen LogP contribution in [0.15, 0.2) is 100 Å². The van der Waals surface area contributed by atoms with Gasteiger partial charge in [-0.3, -0.25) is 14.5 Å². The Bertz CT molecular complexity index is 2660. The molecule has 2 aromatic heterocycles. The Morgan fingerprint density at radius 1 is 0.984 bits per heavy atom. The molecule has 4 aromatic rings. The molecule has 2 amide bonds. The number of hydrogen-bond acceptors (Lipinski definition) is 13. The standard InChI is InChI=1S/C46H52ClN9O7S/c1-61-29-52-42-22-39(5-7-41(42)50-23-30-9-16-62-17-10-30)64(59,60)53-45(57)40-6-4-36(21-43(40)63-38-20-32-8-11-49-44(32)51-26-38)55-14-12-54(13-15-55)28-37-19-31-2-3-35(47)18-33(31)27-56(37)46(58)34-24-48-25-34/h2-3,5,7-8,11,18,20-22,26,30,34,37,48,50,52H,9-10,12-17,19,23-25,27-29H2,1H3,(H,49,51)(H,53,57). The number of nitrogens with one attached hydrogen (secondary N) is 5. The number of ether oxygens (including phenoxy) is 3. The van der Waals surface area contributed by atoms with Crippen LogP contribution in [0.4, 0.5) is 11.4 Å². The minimum Gasteiger partial charge on any atom is -0.454 e.